The van der Waals surface area contributed by atoms with Gasteiger partial charge in [-0.05, 0) is 37.0 Å². The van der Waals surface area contributed by atoms with Gasteiger partial charge in [0.1, 0.15) is 0 Å². The van der Waals surface area contributed by atoms with Crippen LogP contribution in [0.2, 0.25) is 5.02 Å². The van der Waals surface area contributed by atoms with Crippen molar-refractivity contribution >= 4 is 57.5 Å². The summed E-state index contributed by atoms with van der Waals surface area (Å²) in [5, 5.41) is 14.2. The summed E-state index contributed by atoms with van der Waals surface area (Å²) in [5.41, 5.74) is 7.88. The summed E-state index contributed by atoms with van der Waals surface area (Å²) in [6.45, 7) is 7.70. The van der Waals surface area contributed by atoms with Crippen LogP contribution in [0.5, 0.6) is 0 Å². The molecule has 10 heteroatoms. The Morgan fingerprint density at radius 2 is 1.96 bits per heavy atom. The highest BCUT2D eigenvalue weighted by molar-refractivity contribution is 8.02. The van der Waals surface area contributed by atoms with E-state index >= 15 is 0 Å². The molecule has 0 aliphatic carbocycles. The Labute approximate surface area is 165 Å². The summed E-state index contributed by atoms with van der Waals surface area (Å²) < 4.78 is 0.603. The number of carbonyl (C=O) groups excluding carboxylic acids is 2. The molecule has 0 aliphatic rings. The first kappa shape index (κ1) is 20.5. The van der Waals surface area contributed by atoms with Crippen molar-refractivity contribution in [1.29, 1.82) is 0 Å². The average molecular weight is 414 g/mol. The fraction of sp³-hybridized carbons (Fsp3) is 0.375. The van der Waals surface area contributed by atoms with E-state index < -0.39 is 17.2 Å². The molecule has 0 saturated heterocycles. The highest BCUT2D eigenvalue weighted by atomic mass is 35.5. The van der Waals surface area contributed by atoms with E-state index in [0.29, 0.717) is 14.5 Å². The number of hydrogen-bond acceptors (Lipinski definition) is 7. The molecule has 7 nitrogen and oxygen atoms in total. The molecule has 26 heavy (non-hydrogen) atoms. The van der Waals surface area contributed by atoms with E-state index in [1.807, 2.05) is 39.8 Å². The average Bonchev–Trinajstić information content (AvgIpc) is 2.94. The Bertz CT molecular complexity index is 802. The third kappa shape index (κ3) is 5.33. The highest BCUT2D eigenvalue weighted by Crippen LogP contribution is 2.35. The predicted molar refractivity (Wildman–Crippen MR) is 106 cm³/mol. The lowest BCUT2D eigenvalue weighted by atomic mass is 10.1. The topological polar surface area (TPSA) is 110 Å². The van der Waals surface area contributed by atoms with E-state index in [0.717, 1.165) is 16.8 Å². The number of thioether (sulfide) groups is 1. The van der Waals surface area contributed by atoms with Crippen molar-refractivity contribution in [3.8, 4) is 0 Å². The lowest BCUT2D eigenvalue weighted by Gasteiger charge is -2.16. The van der Waals surface area contributed by atoms with Crippen LogP contribution in [0, 0.1) is 19.8 Å². The van der Waals surface area contributed by atoms with E-state index in [-0.39, 0.29) is 5.92 Å². The molecule has 1 aromatic heterocycles. The molecule has 3 amide bonds. The van der Waals surface area contributed by atoms with Gasteiger partial charge in [-0.15, -0.1) is 10.2 Å². The number of benzene rings is 1. The standard InChI is InChI=1S/C16H20ClN5O2S2/c1-7(2)12(13(23)20-14(18)24)25-16-22-21-15(26-16)19-11-9(4)5-8(3)6-10(11)17/h5-7,12H,1-4H3,(H,19,21)(H3,18,20,23,24). The number of primary amides is 1. The molecular formula is C16H20ClN5O2S2. The van der Waals surface area contributed by atoms with Gasteiger partial charge in [0.05, 0.1) is 16.0 Å². The summed E-state index contributed by atoms with van der Waals surface area (Å²) in [4.78, 5) is 23.0. The van der Waals surface area contributed by atoms with Crippen LogP contribution in [0.4, 0.5) is 15.6 Å². The van der Waals surface area contributed by atoms with Crippen molar-refractivity contribution in [2.75, 3.05) is 5.32 Å². The van der Waals surface area contributed by atoms with Gasteiger partial charge in [-0.1, -0.05) is 54.6 Å². The molecule has 0 aliphatic heterocycles. The number of halogens is 1. The minimum atomic E-state index is -0.870. The maximum atomic E-state index is 12.1. The first-order valence-corrected chi connectivity index (χ1v) is 9.89. The Morgan fingerprint density at radius 1 is 1.27 bits per heavy atom. The Kier molecular flexibility index (Phi) is 6.85. The number of nitrogens with two attached hydrogens (primary N) is 1. The second-order valence-electron chi connectivity index (χ2n) is 6.07. The van der Waals surface area contributed by atoms with E-state index in [2.05, 4.69) is 20.8 Å². The maximum absolute atomic E-state index is 12.1. The van der Waals surface area contributed by atoms with Gasteiger partial charge < -0.3 is 11.1 Å². The van der Waals surface area contributed by atoms with Gasteiger partial charge >= 0.3 is 6.03 Å². The summed E-state index contributed by atoms with van der Waals surface area (Å²) in [7, 11) is 0. The van der Waals surface area contributed by atoms with Gasteiger partial charge in [-0.2, -0.15) is 0 Å². The zero-order valence-electron chi connectivity index (χ0n) is 14.8. The number of anilines is 2. The molecule has 1 aromatic carbocycles. The summed E-state index contributed by atoms with van der Waals surface area (Å²) in [6, 6.07) is 3.02. The molecule has 0 bridgehead atoms. The molecule has 0 radical (unpaired) electrons. The summed E-state index contributed by atoms with van der Waals surface area (Å²) >= 11 is 8.85. The maximum Gasteiger partial charge on any atom is 0.318 e. The van der Waals surface area contributed by atoms with Crippen molar-refractivity contribution in [1.82, 2.24) is 15.5 Å². The van der Waals surface area contributed by atoms with Gasteiger partial charge in [-0.3, -0.25) is 10.1 Å². The predicted octanol–water partition coefficient (Wildman–Crippen LogP) is 3.86. The molecule has 0 fully saturated rings. The molecule has 4 N–H and O–H groups in total. The van der Waals surface area contributed by atoms with Crippen molar-refractivity contribution in [2.24, 2.45) is 11.7 Å². The Hall–Kier alpha value is -1.84. The van der Waals surface area contributed by atoms with Gasteiger partial charge in [0, 0.05) is 0 Å². The largest absolute Gasteiger partial charge is 0.351 e. The van der Waals surface area contributed by atoms with Crippen LogP contribution in [0.3, 0.4) is 0 Å². The second-order valence-corrected chi connectivity index (χ2v) is 8.85. The fourth-order valence-electron chi connectivity index (χ4n) is 2.28. The molecule has 2 aromatic rings. The monoisotopic (exact) mass is 413 g/mol. The van der Waals surface area contributed by atoms with Crippen LogP contribution in [-0.4, -0.2) is 27.4 Å². The van der Waals surface area contributed by atoms with Gasteiger partial charge in [-0.25, -0.2) is 4.79 Å². The smallest absolute Gasteiger partial charge is 0.318 e. The summed E-state index contributed by atoms with van der Waals surface area (Å²) in [5.74, 6) is -0.465. The van der Waals surface area contributed by atoms with E-state index in [4.69, 9.17) is 17.3 Å². The number of aryl methyl sites for hydroxylation is 2. The summed E-state index contributed by atoms with van der Waals surface area (Å²) in [6.07, 6.45) is 0. The molecule has 0 spiro atoms. The molecular weight excluding hydrogens is 394 g/mol. The van der Waals surface area contributed by atoms with Crippen molar-refractivity contribution in [2.45, 2.75) is 37.3 Å². The first-order valence-electron chi connectivity index (χ1n) is 7.81. The molecule has 1 atom stereocenters. The van der Waals surface area contributed by atoms with Crippen LogP contribution in [0.25, 0.3) is 0 Å². The number of imide groups is 1. The van der Waals surface area contributed by atoms with Crippen LogP contribution in [-0.2, 0) is 4.79 Å². The molecule has 1 unspecified atom stereocenters. The van der Waals surface area contributed by atoms with Gasteiger partial charge in [0.15, 0.2) is 4.34 Å². The minimum Gasteiger partial charge on any atom is -0.351 e. The molecule has 2 rings (SSSR count). The zero-order valence-corrected chi connectivity index (χ0v) is 17.2. The lowest BCUT2D eigenvalue weighted by molar-refractivity contribution is -0.120. The quantitative estimate of drug-likeness (QED) is 0.620. The highest BCUT2D eigenvalue weighted by Gasteiger charge is 2.26. The number of nitrogens with one attached hydrogen (secondary N) is 2. The molecule has 140 valence electrons. The number of carbonyl (C=O) groups is 2. The van der Waals surface area contributed by atoms with Crippen molar-refractivity contribution in [3.05, 3.63) is 28.3 Å². The van der Waals surface area contributed by atoms with Crippen LogP contribution in [0.1, 0.15) is 25.0 Å². The van der Waals surface area contributed by atoms with E-state index in [1.165, 1.54) is 23.1 Å². The zero-order chi connectivity index (χ0) is 19.4. The third-order valence-electron chi connectivity index (χ3n) is 3.41. The first-order chi connectivity index (χ1) is 12.2. The van der Waals surface area contributed by atoms with Crippen LogP contribution in [0.15, 0.2) is 16.5 Å². The van der Waals surface area contributed by atoms with E-state index in [9.17, 15) is 9.59 Å². The van der Waals surface area contributed by atoms with Gasteiger partial charge in [0.25, 0.3) is 0 Å². The minimum absolute atomic E-state index is 0.0200. The molecule has 1 heterocycles. The van der Waals surface area contributed by atoms with Crippen molar-refractivity contribution < 1.29 is 9.59 Å². The molecule has 0 saturated carbocycles. The number of aromatic nitrogens is 2. The normalized spacial score (nSPS) is 12.1. The van der Waals surface area contributed by atoms with Crippen LogP contribution >= 0.6 is 34.7 Å². The Morgan fingerprint density at radius 3 is 2.54 bits per heavy atom. The number of nitrogens with zero attached hydrogens (tertiary/aromatic N) is 2. The van der Waals surface area contributed by atoms with E-state index in [1.54, 1.807) is 0 Å². The number of hydrogen-bond donors (Lipinski definition) is 3. The Balaban J connectivity index is 2.14. The SMILES string of the molecule is Cc1cc(C)c(Nc2nnc(SC(C(=O)NC(N)=O)C(C)C)s2)c(Cl)c1. The number of rotatable bonds is 6. The number of amides is 3. The van der Waals surface area contributed by atoms with Crippen molar-refractivity contribution in [3.63, 3.8) is 0 Å². The second kappa shape index (κ2) is 8.70. The van der Waals surface area contributed by atoms with Crippen LogP contribution < -0.4 is 16.4 Å². The third-order valence-corrected chi connectivity index (χ3v) is 6.17. The lowest BCUT2D eigenvalue weighted by Crippen LogP contribution is -2.42. The van der Waals surface area contributed by atoms with Gasteiger partial charge in [0.2, 0.25) is 11.0 Å². The fourth-order valence-corrected chi connectivity index (χ4v) is 4.62. The number of urea groups is 1.